The van der Waals surface area contributed by atoms with Crippen LogP contribution in [-0.4, -0.2) is 14.2 Å². The number of ether oxygens (including phenoxy) is 2. The normalized spacial score (nSPS) is 10.2. The minimum absolute atomic E-state index is 0.712. The van der Waals surface area contributed by atoms with E-state index in [9.17, 15) is 0 Å². The van der Waals surface area contributed by atoms with Crippen molar-refractivity contribution in [2.24, 2.45) is 0 Å². The first-order valence-corrected chi connectivity index (χ1v) is 6.45. The second-order valence-electron chi connectivity index (χ2n) is 4.61. The van der Waals surface area contributed by atoms with E-state index < -0.39 is 0 Å². The lowest BCUT2D eigenvalue weighted by Gasteiger charge is -2.11. The Morgan fingerprint density at radius 2 is 1.75 bits per heavy atom. The number of methoxy groups -OCH3 is 2. The number of aryl methyl sites for hydroxylation is 1. The highest BCUT2D eigenvalue weighted by Gasteiger charge is 2.04. The highest BCUT2D eigenvalue weighted by atomic mass is 16.5. The van der Waals surface area contributed by atoms with Crippen LogP contribution in [0.2, 0.25) is 0 Å². The zero-order valence-electron chi connectivity index (χ0n) is 12.1. The van der Waals surface area contributed by atoms with Crippen LogP contribution in [0, 0.1) is 6.92 Å². The minimum Gasteiger partial charge on any atom is -0.493 e. The van der Waals surface area contributed by atoms with E-state index in [1.165, 1.54) is 0 Å². The van der Waals surface area contributed by atoms with E-state index in [0.29, 0.717) is 6.54 Å². The highest BCUT2D eigenvalue weighted by Crippen LogP contribution is 2.28. The molecule has 0 fully saturated rings. The van der Waals surface area contributed by atoms with Crippen molar-refractivity contribution in [2.75, 3.05) is 25.3 Å². The molecule has 106 valence electrons. The molecule has 4 nitrogen and oxygen atoms in total. The lowest BCUT2D eigenvalue weighted by molar-refractivity contribution is 0.354. The van der Waals surface area contributed by atoms with Crippen LogP contribution in [0.15, 0.2) is 36.4 Å². The zero-order valence-corrected chi connectivity index (χ0v) is 12.1. The van der Waals surface area contributed by atoms with Crippen molar-refractivity contribution in [2.45, 2.75) is 13.5 Å². The van der Waals surface area contributed by atoms with Crippen LogP contribution in [0.4, 0.5) is 11.4 Å². The average Bonchev–Trinajstić information content (AvgIpc) is 2.48. The van der Waals surface area contributed by atoms with Gasteiger partial charge in [0.05, 0.1) is 14.2 Å². The Morgan fingerprint density at radius 3 is 2.40 bits per heavy atom. The summed E-state index contributed by atoms with van der Waals surface area (Å²) in [6.45, 7) is 2.71. The third-order valence-electron chi connectivity index (χ3n) is 3.21. The van der Waals surface area contributed by atoms with Gasteiger partial charge in [-0.1, -0.05) is 6.07 Å². The summed E-state index contributed by atoms with van der Waals surface area (Å²) in [6, 6.07) is 11.8. The summed E-state index contributed by atoms with van der Waals surface area (Å²) in [7, 11) is 3.27. The summed E-state index contributed by atoms with van der Waals surface area (Å²) >= 11 is 0. The maximum Gasteiger partial charge on any atom is 0.161 e. The molecule has 0 atom stereocenters. The fourth-order valence-electron chi connectivity index (χ4n) is 1.98. The van der Waals surface area contributed by atoms with Gasteiger partial charge in [-0.25, -0.2) is 0 Å². The van der Waals surface area contributed by atoms with Gasteiger partial charge < -0.3 is 20.5 Å². The summed E-state index contributed by atoms with van der Waals surface area (Å²) in [5, 5.41) is 3.37. The molecular formula is C16H20N2O2. The number of nitrogens with one attached hydrogen (secondary N) is 1. The van der Waals surface area contributed by atoms with E-state index in [-0.39, 0.29) is 0 Å². The number of hydrogen-bond acceptors (Lipinski definition) is 4. The SMILES string of the molecule is COc1ccc(CNc2ccc(N)c(C)c2)cc1OC. The molecule has 3 N–H and O–H groups in total. The maximum atomic E-state index is 5.81. The predicted octanol–water partition coefficient (Wildman–Crippen LogP) is 3.21. The van der Waals surface area contributed by atoms with Crippen LogP contribution in [0.1, 0.15) is 11.1 Å². The van der Waals surface area contributed by atoms with E-state index in [1.807, 2.05) is 43.3 Å². The monoisotopic (exact) mass is 272 g/mol. The topological polar surface area (TPSA) is 56.5 Å². The van der Waals surface area contributed by atoms with Gasteiger partial charge in [0.25, 0.3) is 0 Å². The van der Waals surface area contributed by atoms with Gasteiger partial charge >= 0.3 is 0 Å². The molecule has 0 unspecified atom stereocenters. The molecule has 2 aromatic carbocycles. The Labute approximate surface area is 119 Å². The molecule has 0 aromatic heterocycles. The van der Waals surface area contributed by atoms with Crippen LogP contribution < -0.4 is 20.5 Å². The fraction of sp³-hybridized carbons (Fsp3) is 0.250. The molecule has 0 saturated carbocycles. The first-order valence-electron chi connectivity index (χ1n) is 6.45. The molecule has 0 aliphatic carbocycles. The van der Waals surface area contributed by atoms with E-state index in [4.69, 9.17) is 15.2 Å². The Kier molecular flexibility index (Phi) is 4.35. The summed E-state index contributed by atoms with van der Waals surface area (Å²) < 4.78 is 10.5. The van der Waals surface area contributed by atoms with Crippen LogP contribution in [0.3, 0.4) is 0 Å². The quantitative estimate of drug-likeness (QED) is 0.821. The second kappa shape index (κ2) is 6.19. The minimum atomic E-state index is 0.712. The number of hydrogen-bond donors (Lipinski definition) is 2. The van der Waals surface area contributed by atoms with Crippen molar-refractivity contribution >= 4 is 11.4 Å². The van der Waals surface area contributed by atoms with E-state index in [0.717, 1.165) is 34.0 Å². The summed E-state index contributed by atoms with van der Waals surface area (Å²) in [4.78, 5) is 0. The highest BCUT2D eigenvalue weighted by molar-refractivity contribution is 5.57. The number of rotatable bonds is 5. The molecule has 2 aromatic rings. The van der Waals surface area contributed by atoms with E-state index in [1.54, 1.807) is 14.2 Å². The third kappa shape index (κ3) is 3.15. The van der Waals surface area contributed by atoms with Crippen LogP contribution in [0.5, 0.6) is 11.5 Å². The number of nitrogens with two attached hydrogens (primary N) is 1. The first kappa shape index (κ1) is 14.1. The molecule has 0 aliphatic heterocycles. The van der Waals surface area contributed by atoms with Crippen molar-refractivity contribution in [1.29, 1.82) is 0 Å². The van der Waals surface area contributed by atoms with E-state index >= 15 is 0 Å². The molecule has 2 rings (SSSR count). The molecule has 0 aliphatic rings. The average molecular weight is 272 g/mol. The molecular weight excluding hydrogens is 252 g/mol. The van der Waals surface area contributed by atoms with Gasteiger partial charge in [0.15, 0.2) is 11.5 Å². The van der Waals surface area contributed by atoms with E-state index in [2.05, 4.69) is 5.32 Å². The van der Waals surface area contributed by atoms with Crippen LogP contribution in [-0.2, 0) is 6.54 Å². The lowest BCUT2D eigenvalue weighted by Crippen LogP contribution is -2.01. The predicted molar refractivity (Wildman–Crippen MR) is 82.5 cm³/mol. The first-order chi connectivity index (χ1) is 9.63. The lowest BCUT2D eigenvalue weighted by atomic mass is 10.1. The van der Waals surface area contributed by atoms with Gasteiger partial charge in [-0.2, -0.15) is 0 Å². The van der Waals surface area contributed by atoms with Crippen molar-refractivity contribution in [3.8, 4) is 11.5 Å². The van der Waals surface area contributed by atoms with Gasteiger partial charge in [0, 0.05) is 17.9 Å². The van der Waals surface area contributed by atoms with Gasteiger partial charge in [-0.15, -0.1) is 0 Å². The molecule has 0 saturated heterocycles. The van der Waals surface area contributed by atoms with Crippen molar-refractivity contribution < 1.29 is 9.47 Å². The molecule has 0 radical (unpaired) electrons. The third-order valence-corrected chi connectivity index (χ3v) is 3.21. The van der Waals surface area contributed by atoms with Crippen molar-refractivity contribution in [1.82, 2.24) is 0 Å². The van der Waals surface area contributed by atoms with Crippen molar-refractivity contribution in [3.63, 3.8) is 0 Å². The standard InChI is InChI=1S/C16H20N2O2/c1-11-8-13(5-6-14(11)17)18-10-12-4-7-15(19-2)16(9-12)20-3/h4-9,18H,10,17H2,1-3H3. The molecule has 4 heteroatoms. The zero-order chi connectivity index (χ0) is 14.5. The Bertz CT molecular complexity index is 597. The summed E-state index contributed by atoms with van der Waals surface area (Å²) in [6.07, 6.45) is 0. The molecule has 0 spiro atoms. The Balaban J connectivity index is 2.08. The van der Waals surface area contributed by atoms with Gasteiger partial charge in [0.2, 0.25) is 0 Å². The summed E-state index contributed by atoms with van der Waals surface area (Å²) in [5.41, 5.74) is 9.86. The van der Waals surface area contributed by atoms with Gasteiger partial charge in [-0.05, 0) is 48.4 Å². The maximum absolute atomic E-state index is 5.81. The number of nitrogen functional groups attached to an aromatic ring is 1. The molecule has 20 heavy (non-hydrogen) atoms. The fourth-order valence-corrected chi connectivity index (χ4v) is 1.98. The van der Waals surface area contributed by atoms with Crippen LogP contribution >= 0.6 is 0 Å². The van der Waals surface area contributed by atoms with Gasteiger partial charge in [0.1, 0.15) is 0 Å². The Hall–Kier alpha value is -2.36. The smallest absolute Gasteiger partial charge is 0.161 e. The summed E-state index contributed by atoms with van der Waals surface area (Å²) in [5.74, 6) is 1.47. The number of anilines is 2. The van der Waals surface area contributed by atoms with Crippen molar-refractivity contribution in [3.05, 3.63) is 47.5 Å². The van der Waals surface area contributed by atoms with Crippen LogP contribution in [0.25, 0.3) is 0 Å². The number of benzene rings is 2. The second-order valence-corrected chi connectivity index (χ2v) is 4.61. The largest absolute Gasteiger partial charge is 0.493 e. The molecule has 0 amide bonds. The molecule has 0 bridgehead atoms. The van der Waals surface area contributed by atoms with Gasteiger partial charge in [-0.3, -0.25) is 0 Å². The Morgan fingerprint density at radius 1 is 1.00 bits per heavy atom. The molecule has 0 heterocycles.